The van der Waals surface area contributed by atoms with Crippen molar-refractivity contribution in [1.29, 1.82) is 0 Å². The smallest absolute Gasteiger partial charge is 0.171 e. The molecule has 1 aromatic heterocycles. The van der Waals surface area contributed by atoms with Crippen LogP contribution in [0.2, 0.25) is 0 Å². The van der Waals surface area contributed by atoms with Gasteiger partial charge in [0.2, 0.25) is 0 Å². The predicted octanol–water partition coefficient (Wildman–Crippen LogP) is 12.7. The topological polar surface area (TPSA) is 30.0 Å². The molecule has 3 heteroatoms. The van der Waals surface area contributed by atoms with Gasteiger partial charge < -0.3 is 4.57 Å². The second-order valence-corrected chi connectivity index (χ2v) is 18.5. The molecule has 2 aliphatic carbocycles. The summed E-state index contributed by atoms with van der Waals surface area (Å²) in [5, 5.41) is 6.00. The highest BCUT2D eigenvalue weighted by Gasteiger charge is 2.52. The van der Waals surface area contributed by atoms with E-state index in [1.807, 2.05) is 72.8 Å². The molecule has 9 aromatic carbocycles. The number of pyridine rings is 1. The molecule has 10 aromatic rings. The molecular weight excluding hydrogens is 734 g/mol. The van der Waals surface area contributed by atoms with Crippen molar-refractivity contribution in [3.05, 3.63) is 241 Å². The fraction of sp³-hybridized carbons (Fsp3) is 0.0179. The molecule has 12 rings (SSSR count). The summed E-state index contributed by atoms with van der Waals surface area (Å²) in [6, 6.07) is 77.0. The zero-order chi connectivity index (χ0) is 39.1. The summed E-state index contributed by atoms with van der Waals surface area (Å²) in [7, 11) is -3.12. The molecule has 0 radical (unpaired) electrons. The lowest BCUT2D eigenvalue weighted by molar-refractivity contribution is 0.592. The molecule has 0 aliphatic heterocycles. The SMILES string of the molecule is O=P(c1ccccc1)(c1ccccc1)c1cccc(-c2ccc(-c3nc4ccccc4c4c5c(ccc34)C3(c4ccccc4-c4ccccc43)c3ccccc3-5)cc2)c1. The van der Waals surface area contributed by atoms with E-state index < -0.39 is 12.6 Å². The first-order valence-corrected chi connectivity index (χ1v) is 21.9. The maximum Gasteiger partial charge on any atom is 0.171 e. The van der Waals surface area contributed by atoms with E-state index in [1.54, 1.807) is 0 Å². The lowest BCUT2D eigenvalue weighted by Gasteiger charge is -2.30. The maximum atomic E-state index is 15.2. The molecule has 0 fully saturated rings. The van der Waals surface area contributed by atoms with Gasteiger partial charge in [0.1, 0.15) is 0 Å². The van der Waals surface area contributed by atoms with Gasteiger partial charge in [-0.25, -0.2) is 4.98 Å². The van der Waals surface area contributed by atoms with Gasteiger partial charge in [0.05, 0.1) is 16.6 Å². The molecule has 2 aliphatic rings. The second-order valence-electron chi connectivity index (χ2n) is 15.7. The lowest BCUT2D eigenvalue weighted by atomic mass is 9.70. The first-order valence-electron chi connectivity index (χ1n) is 20.2. The molecule has 276 valence electrons. The van der Waals surface area contributed by atoms with E-state index in [0.717, 1.165) is 54.6 Å². The Morgan fingerprint density at radius 1 is 0.373 bits per heavy atom. The van der Waals surface area contributed by atoms with Gasteiger partial charge in [-0.05, 0) is 67.8 Å². The molecule has 1 heterocycles. The molecule has 0 unspecified atom stereocenters. The Morgan fingerprint density at radius 3 is 1.56 bits per heavy atom. The second kappa shape index (κ2) is 12.9. The van der Waals surface area contributed by atoms with E-state index in [2.05, 4.69) is 146 Å². The van der Waals surface area contributed by atoms with Crippen LogP contribution in [0.3, 0.4) is 0 Å². The van der Waals surface area contributed by atoms with Crippen molar-refractivity contribution in [1.82, 2.24) is 4.98 Å². The van der Waals surface area contributed by atoms with Gasteiger partial charge in [-0.2, -0.15) is 0 Å². The van der Waals surface area contributed by atoms with Crippen molar-refractivity contribution in [2.75, 3.05) is 0 Å². The molecule has 0 saturated heterocycles. The number of hydrogen-bond donors (Lipinski definition) is 0. The van der Waals surface area contributed by atoms with Crippen LogP contribution in [0.5, 0.6) is 0 Å². The van der Waals surface area contributed by atoms with Crippen LogP contribution in [-0.2, 0) is 9.98 Å². The summed E-state index contributed by atoms with van der Waals surface area (Å²) >= 11 is 0. The number of rotatable bonds is 5. The van der Waals surface area contributed by atoms with Crippen molar-refractivity contribution in [3.8, 4) is 44.6 Å². The van der Waals surface area contributed by atoms with E-state index in [1.165, 1.54) is 49.9 Å². The fourth-order valence-corrected chi connectivity index (χ4v) is 13.0. The minimum Gasteiger partial charge on any atom is -0.309 e. The summed E-state index contributed by atoms with van der Waals surface area (Å²) in [5.74, 6) is 0. The van der Waals surface area contributed by atoms with E-state index in [4.69, 9.17) is 4.98 Å². The quantitative estimate of drug-likeness (QED) is 0.129. The molecule has 0 N–H and O–H groups in total. The van der Waals surface area contributed by atoms with E-state index in [0.29, 0.717) is 0 Å². The van der Waals surface area contributed by atoms with Gasteiger partial charge in [0, 0.05) is 37.6 Å². The summed E-state index contributed by atoms with van der Waals surface area (Å²) in [5.41, 5.74) is 15.2. The van der Waals surface area contributed by atoms with Crippen LogP contribution < -0.4 is 15.9 Å². The van der Waals surface area contributed by atoms with Crippen LogP contribution in [0.4, 0.5) is 0 Å². The summed E-state index contributed by atoms with van der Waals surface area (Å²) in [4.78, 5) is 5.40. The normalized spacial score (nSPS) is 13.3. The van der Waals surface area contributed by atoms with Crippen LogP contribution in [0.25, 0.3) is 66.3 Å². The van der Waals surface area contributed by atoms with Gasteiger partial charge in [-0.3, -0.25) is 0 Å². The first-order chi connectivity index (χ1) is 29.2. The van der Waals surface area contributed by atoms with Crippen molar-refractivity contribution in [2.45, 2.75) is 5.41 Å². The molecule has 0 bridgehead atoms. The number of fused-ring (bicyclic) bond motifs is 14. The van der Waals surface area contributed by atoms with Crippen molar-refractivity contribution < 1.29 is 4.57 Å². The van der Waals surface area contributed by atoms with Crippen LogP contribution in [0, 0.1) is 0 Å². The van der Waals surface area contributed by atoms with Gasteiger partial charge >= 0.3 is 0 Å². The number of benzene rings is 9. The molecule has 1 spiro atoms. The van der Waals surface area contributed by atoms with Gasteiger partial charge in [0.25, 0.3) is 0 Å². The highest BCUT2D eigenvalue weighted by atomic mass is 31.2. The van der Waals surface area contributed by atoms with Crippen LogP contribution in [0.15, 0.2) is 218 Å². The van der Waals surface area contributed by atoms with Crippen molar-refractivity contribution in [3.63, 3.8) is 0 Å². The third-order valence-corrected chi connectivity index (χ3v) is 15.8. The maximum absolute atomic E-state index is 15.2. The summed E-state index contributed by atoms with van der Waals surface area (Å²) in [6.07, 6.45) is 0. The zero-order valence-electron chi connectivity index (χ0n) is 32.1. The third-order valence-electron chi connectivity index (χ3n) is 12.8. The molecule has 0 amide bonds. The lowest BCUT2D eigenvalue weighted by Crippen LogP contribution is -2.25. The average Bonchev–Trinajstić information content (AvgIpc) is 3.79. The van der Waals surface area contributed by atoms with Crippen molar-refractivity contribution >= 4 is 44.7 Å². The Hall–Kier alpha value is -7.12. The van der Waals surface area contributed by atoms with Gasteiger partial charge in [-0.15, -0.1) is 0 Å². The summed E-state index contributed by atoms with van der Waals surface area (Å²) in [6.45, 7) is 0. The number of nitrogens with zero attached hydrogens (tertiary/aromatic N) is 1. The van der Waals surface area contributed by atoms with Gasteiger partial charge in [-0.1, -0.05) is 206 Å². The monoisotopic (exact) mass is 769 g/mol. The van der Waals surface area contributed by atoms with E-state index in [9.17, 15) is 0 Å². The van der Waals surface area contributed by atoms with Crippen LogP contribution in [-0.4, -0.2) is 4.98 Å². The Kier molecular flexibility index (Phi) is 7.45. The largest absolute Gasteiger partial charge is 0.309 e. The Balaban J connectivity index is 1.04. The highest BCUT2D eigenvalue weighted by Crippen LogP contribution is 2.64. The third kappa shape index (κ3) is 4.76. The predicted molar refractivity (Wildman–Crippen MR) is 246 cm³/mol. The average molecular weight is 770 g/mol. The van der Waals surface area contributed by atoms with Crippen LogP contribution >= 0.6 is 7.14 Å². The van der Waals surface area contributed by atoms with Crippen LogP contribution in [0.1, 0.15) is 22.3 Å². The molecule has 59 heavy (non-hydrogen) atoms. The summed E-state index contributed by atoms with van der Waals surface area (Å²) < 4.78 is 15.2. The van der Waals surface area contributed by atoms with E-state index >= 15 is 4.57 Å². The number of para-hydroxylation sites is 1. The highest BCUT2D eigenvalue weighted by molar-refractivity contribution is 7.85. The minimum absolute atomic E-state index is 0.418. The van der Waals surface area contributed by atoms with E-state index in [-0.39, 0.29) is 0 Å². The molecule has 0 atom stereocenters. The molecule has 0 saturated carbocycles. The van der Waals surface area contributed by atoms with Crippen molar-refractivity contribution in [2.24, 2.45) is 0 Å². The zero-order valence-corrected chi connectivity index (χ0v) is 33.0. The fourth-order valence-electron chi connectivity index (χ4n) is 10.3. The number of aromatic nitrogens is 1. The molecular formula is C56H36NOP. The Labute approximate surface area is 343 Å². The Bertz CT molecular complexity index is 3260. The standard InChI is InChI=1S/C56H36NOP/c58-59(40-17-3-1-4-18-40,41-19-5-2-6-20-41)42-21-15-16-39(36-42)37-30-32-38(33-31-37)55-47-34-35-51-54(53(47)46-25-10-14-29-52(46)57-55)45-24-9-13-28-50(45)56(51)48-26-11-7-22-43(48)44-23-8-12-27-49(44)56/h1-36H. The number of hydrogen-bond acceptors (Lipinski definition) is 2. The first kappa shape index (κ1) is 34.0. The minimum atomic E-state index is -3.12. The molecule has 2 nitrogen and oxygen atoms in total. The Morgan fingerprint density at radius 2 is 0.898 bits per heavy atom. The van der Waals surface area contributed by atoms with Gasteiger partial charge in [0.15, 0.2) is 7.14 Å².